The Labute approximate surface area is 158 Å². The number of hydrogen-bond donors (Lipinski definition) is 2. The van der Waals surface area contributed by atoms with Crippen LogP contribution in [-0.2, 0) is 40.5 Å². The van der Waals surface area contributed by atoms with Gasteiger partial charge in [0.15, 0.2) is 0 Å². The molecule has 2 N–H and O–H groups in total. The molecule has 0 fully saturated rings. The summed E-state index contributed by atoms with van der Waals surface area (Å²) in [6.07, 6.45) is 4.02. The maximum absolute atomic E-state index is 12.5. The summed E-state index contributed by atoms with van der Waals surface area (Å²) in [6.45, 7) is 2.37. The van der Waals surface area contributed by atoms with Crippen molar-refractivity contribution in [2.45, 2.75) is 50.0 Å². The van der Waals surface area contributed by atoms with Crippen LogP contribution < -0.4 is 10.0 Å². The molecule has 1 aromatic carbocycles. The summed E-state index contributed by atoms with van der Waals surface area (Å²) >= 11 is 0. The number of carbonyl (C=O) groups is 1. The third-order valence-electron chi connectivity index (χ3n) is 5.13. The normalized spacial score (nSPS) is 20.0. The molecule has 0 bridgehead atoms. The number of carbonyl (C=O) groups excluding carboxylic acids is 1. The SMILES string of the molecule is Cc1nc(CCNC(=O)C2Cc3ccccc3S(=O)(=O)N2)nc2c1CCC2. The largest absolute Gasteiger partial charge is 0.354 e. The summed E-state index contributed by atoms with van der Waals surface area (Å²) in [6, 6.07) is 5.96. The van der Waals surface area contributed by atoms with Crippen LogP contribution in [0.3, 0.4) is 0 Å². The van der Waals surface area contributed by atoms with Gasteiger partial charge in [-0.05, 0) is 49.8 Å². The van der Waals surface area contributed by atoms with Crippen molar-refractivity contribution in [1.29, 1.82) is 0 Å². The second kappa shape index (κ2) is 7.01. The molecular weight excluding hydrogens is 364 g/mol. The van der Waals surface area contributed by atoms with E-state index in [1.54, 1.807) is 24.3 Å². The van der Waals surface area contributed by atoms with Gasteiger partial charge in [-0.2, -0.15) is 4.72 Å². The summed E-state index contributed by atoms with van der Waals surface area (Å²) in [7, 11) is -3.66. The second-order valence-corrected chi connectivity index (χ2v) is 8.71. The van der Waals surface area contributed by atoms with Crippen molar-refractivity contribution in [1.82, 2.24) is 20.0 Å². The number of aryl methyl sites for hydroxylation is 2. The Morgan fingerprint density at radius 1 is 1.26 bits per heavy atom. The Kier molecular flexibility index (Phi) is 4.69. The zero-order valence-electron chi connectivity index (χ0n) is 15.2. The lowest BCUT2D eigenvalue weighted by Gasteiger charge is -2.25. The number of fused-ring (bicyclic) bond motifs is 2. The lowest BCUT2D eigenvalue weighted by molar-refractivity contribution is -0.122. The first-order valence-corrected chi connectivity index (χ1v) is 10.7. The molecule has 1 amide bonds. The van der Waals surface area contributed by atoms with Crippen LogP contribution in [0, 0.1) is 6.92 Å². The molecule has 0 spiro atoms. The highest BCUT2D eigenvalue weighted by atomic mass is 32.2. The Bertz CT molecular complexity index is 1000. The molecule has 0 radical (unpaired) electrons. The van der Waals surface area contributed by atoms with Crippen molar-refractivity contribution in [3.8, 4) is 0 Å². The minimum Gasteiger partial charge on any atom is -0.354 e. The van der Waals surface area contributed by atoms with E-state index < -0.39 is 16.1 Å². The number of amides is 1. The maximum atomic E-state index is 12.5. The summed E-state index contributed by atoms with van der Waals surface area (Å²) in [5, 5.41) is 2.81. The van der Waals surface area contributed by atoms with Crippen LogP contribution in [-0.4, -0.2) is 36.9 Å². The molecule has 2 aliphatic rings. The summed E-state index contributed by atoms with van der Waals surface area (Å²) in [5.74, 6) is 0.397. The van der Waals surface area contributed by atoms with E-state index in [2.05, 4.69) is 20.0 Å². The van der Waals surface area contributed by atoms with Crippen LogP contribution in [0.15, 0.2) is 29.2 Å². The minimum atomic E-state index is -3.66. The van der Waals surface area contributed by atoms with E-state index in [0.717, 1.165) is 36.5 Å². The molecule has 7 nitrogen and oxygen atoms in total. The first kappa shape index (κ1) is 18.1. The third-order valence-corrected chi connectivity index (χ3v) is 6.71. The topological polar surface area (TPSA) is 101 Å². The maximum Gasteiger partial charge on any atom is 0.241 e. The van der Waals surface area contributed by atoms with Gasteiger partial charge in [0.05, 0.1) is 4.90 Å². The van der Waals surface area contributed by atoms with Gasteiger partial charge in [0.25, 0.3) is 0 Å². The highest BCUT2D eigenvalue weighted by molar-refractivity contribution is 7.89. The molecule has 142 valence electrons. The molecule has 2 heterocycles. The van der Waals surface area contributed by atoms with Gasteiger partial charge < -0.3 is 5.32 Å². The van der Waals surface area contributed by atoms with Crippen LogP contribution in [0.5, 0.6) is 0 Å². The second-order valence-electron chi connectivity index (χ2n) is 7.03. The van der Waals surface area contributed by atoms with Crippen molar-refractivity contribution in [2.24, 2.45) is 0 Å². The van der Waals surface area contributed by atoms with Crippen LogP contribution in [0.2, 0.25) is 0 Å². The number of nitrogens with one attached hydrogen (secondary N) is 2. The zero-order valence-corrected chi connectivity index (χ0v) is 16.0. The molecule has 8 heteroatoms. The molecule has 0 saturated heterocycles. The van der Waals surface area contributed by atoms with E-state index in [4.69, 9.17) is 0 Å². The van der Waals surface area contributed by atoms with Gasteiger partial charge in [0.2, 0.25) is 15.9 Å². The lowest BCUT2D eigenvalue weighted by atomic mass is 10.1. The van der Waals surface area contributed by atoms with E-state index in [9.17, 15) is 13.2 Å². The first-order valence-electron chi connectivity index (χ1n) is 9.17. The van der Waals surface area contributed by atoms with Crippen LogP contribution >= 0.6 is 0 Å². The van der Waals surface area contributed by atoms with Gasteiger partial charge >= 0.3 is 0 Å². The Morgan fingerprint density at radius 3 is 2.93 bits per heavy atom. The third kappa shape index (κ3) is 3.59. The molecule has 27 heavy (non-hydrogen) atoms. The fraction of sp³-hybridized carbons (Fsp3) is 0.421. The van der Waals surface area contributed by atoms with Crippen molar-refractivity contribution in [3.63, 3.8) is 0 Å². The van der Waals surface area contributed by atoms with Gasteiger partial charge in [-0.15, -0.1) is 0 Å². The predicted molar refractivity (Wildman–Crippen MR) is 99.8 cm³/mol. The molecule has 1 atom stereocenters. The van der Waals surface area contributed by atoms with Gasteiger partial charge in [0, 0.05) is 24.4 Å². The molecule has 1 unspecified atom stereocenters. The van der Waals surface area contributed by atoms with Crippen molar-refractivity contribution >= 4 is 15.9 Å². The smallest absolute Gasteiger partial charge is 0.241 e. The number of aromatic nitrogens is 2. The fourth-order valence-electron chi connectivity index (χ4n) is 3.81. The number of sulfonamides is 1. The molecular formula is C19H22N4O3S. The average molecular weight is 386 g/mol. The van der Waals surface area contributed by atoms with E-state index in [1.807, 2.05) is 6.92 Å². The van der Waals surface area contributed by atoms with Gasteiger partial charge in [-0.3, -0.25) is 4.79 Å². The standard InChI is InChI=1S/C19H22N4O3S/c1-12-14-6-4-7-15(14)22-18(21-12)9-10-20-19(24)16-11-13-5-2-3-8-17(13)27(25,26)23-16/h2-3,5,8,16,23H,4,6-7,9-11H2,1H3,(H,20,24). The van der Waals surface area contributed by atoms with Crippen LogP contribution in [0.1, 0.15) is 34.8 Å². The lowest BCUT2D eigenvalue weighted by Crippen LogP contribution is -2.50. The van der Waals surface area contributed by atoms with Crippen molar-refractivity contribution in [3.05, 3.63) is 52.6 Å². The Hall–Kier alpha value is -2.32. The first-order chi connectivity index (χ1) is 12.9. The molecule has 4 rings (SSSR count). The molecule has 1 aliphatic carbocycles. The van der Waals surface area contributed by atoms with Crippen LogP contribution in [0.25, 0.3) is 0 Å². The minimum absolute atomic E-state index is 0.246. The quantitative estimate of drug-likeness (QED) is 0.811. The van der Waals surface area contributed by atoms with Crippen LogP contribution in [0.4, 0.5) is 0 Å². The molecule has 1 aromatic heterocycles. The summed E-state index contributed by atoms with van der Waals surface area (Å²) < 4.78 is 27.1. The van der Waals surface area contributed by atoms with E-state index >= 15 is 0 Å². The van der Waals surface area contributed by atoms with Gasteiger partial charge in [-0.1, -0.05) is 18.2 Å². The molecule has 0 saturated carbocycles. The van der Waals surface area contributed by atoms with E-state index in [0.29, 0.717) is 24.9 Å². The number of rotatable bonds is 4. The monoisotopic (exact) mass is 386 g/mol. The highest BCUT2D eigenvalue weighted by Crippen LogP contribution is 2.23. The summed E-state index contributed by atoms with van der Waals surface area (Å²) in [4.78, 5) is 21.8. The zero-order chi connectivity index (χ0) is 19.0. The van der Waals surface area contributed by atoms with E-state index in [1.165, 1.54) is 5.56 Å². The number of nitrogens with zero attached hydrogens (tertiary/aromatic N) is 2. The number of benzene rings is 1. The number of hydrogen-bond acceptors (Lipinski definition) is 5. The van der Waals surface area contributed by atoms with E-state index in [-0.39, 0.29) is 10.8 Å². The molecule has 1 aliphatic heterocycles. The average Bonchev–Trinajstić information content (AvgIpc) is 3.10. The predicted octanol–water partition coefficient (Wildman–Crippen LogP) is 0.836. The van der Waals surface area contributed by atoms with Gasteiger partial charge in [0.1, 0.15) is 11.9 Å². The van der Waals surface area contributed by atoms with Crippen molar-refractivity contribution in [2.75, 3.05) is 6.54 Å². The Morgan fingerprint density at radius 2 is 2.07 bits per heavy atom. The van der Waals surface area contributed by atoms with Crippen molar-refractivity contribution < 1.29 is 13.2 Å². The van der Waals surface area contributed by atoms with Gasteiger partial charge in [-0.25, -0.2) is 18.4 Å². The Balaban J connectivity index is 1.39. The fourth-order valence-corrected chi connectivity index (χ4v) is 5.25. The molecule has 2 aromatic rings. The summed E-state index contributed by atoms with van der Waals surface area (Å²) in [5.41, 5.74) is 4.07. The highest BCUT2D eigenvalue weighted by Gasteiger charge is 2.33.